The van der Waals surface area contributed by atoms with Gasteiger partial charge in [0.2, 0.25) is 0 Å². The van der Waals surface area contributed by atoms with E-state index < -0.39 is 0 Å². The van der Waals surface area contributed by atoms with Crippen molar-refractivity contribution in [2.45, 2.75) is 0 Å². The molecule has 5 heteroatoms. The number of nitrogens with one attached hydrogen (secondary N) is 1. The predicted octanol–water partition coefficient (Wildman–Crippen LogP) is -2.27. The quantitative estimate of drug-likeness (QED) is 0.254. The molecule has 0 aliphatic carbocycles. The molecule has 5 nitrogen and oxygen atoms in total. The topological polar surface area (TPSA) is 76.0 Å². The molecule has 0 aromatic carbocycles. The molecule has 0 radical (unpaired) electrons. The first kappa shape index (κ1) is 9.80. The number of aliphatic hydroxyl groups excluding tert-OH is 3. The van der Waals surface area contributed by atoms with E-state index >= 15 is 0 Å². The molecule has 0 bridgehead atoms. The molecule has 0 fully saturated rings. The van der Waals surface area contributed by atoms with Gasteiger partial charge >= 0.3 is 0 Å². The molecule has 0 aromatic rings. The van der Waals surface area contributed by atoms with Gasteiger partial charge in [0.15, 0.2) is 0 Å². The maximum Gasteiger partial charge on any atom is 0.0974 e. The van der Waals surface area contributed by atoms with E-state index in [9.17, 15) is 0 Å². The highest BCUT2D eigenvalue weighted by molar-refractivity contribution is 4.47. The summed E-state index contributed by atoms with van der Waals surface area (Å²) in [7, 11) is 0. The summed E-state index contributed by atoms with van der Waals surface area (Å²) in [5, 5.41) is 27.9. The third kappa shape index (κ3) is 4.66. The van der Waals surface area contributed by atoms with Crippen LogP contribution in [0.1, 0.15) is 0 Å². The zero-order valence-corrected chi connectivity index (χ0v) is 5.82. The van der Waals surface area contributed by atoms with Gasteiger partial charge in [0.25, 0.3) is 0 Å². The van der Waals surface area contributed by atoms with E-state index in [-0.39, 0.29) is 20.2 Å². The highest BCUT2D eigenvalue weighted by Gasteiger charge is 1.97. The Morgan fingerprint density at radius 3 is 2.10 bits per heavy atom. The Kier molecular flexibility index (Phi) is 6.78. The highest BCUT2D eigenvalue weighted by atomic mass is 16.3. The molecule has 0 amide bonds. The molecule has 0 heterocycles. The second-order valence-corrected chi connectivity index (χ2v) is 1.84. The number of rotatable bonds is 6. The lowest BCUT2D eigenvalue weighted by atomic mass is 10.6. The van der Waals surface area contributed by atoms with Crippen molar-refractivity contribution in [3.8, 4) is 0 Å². The van der Waals surface area contributed by atoms with Gasteiger partial charge in [0.05, 0.1) is 20.2 Å². The predicted molar refractivity (Wildman–Crippen MR) is 36.0 cm³/mol. The molecule has 0 saturated heterocycles. The Labute approximate surface area is 59.9 Å². The highest BCUT2D eigenvalue weighted by Crippen LogP contribution is 1.79. The van der Waals surface area contributed by atoms with Crippen molar-refractivity contribution in [1.82, 2.24) is 10.2 Å². The third-order valence-electron chi connectivity index (χ3n) is 1.12. The van der Waals surface area contributed by atoms with E-state index in [2.05, 4.69) is 5.32 Å². The van der Waals surface area contributed by atoms with Crippen molar-refractivity contribution in [3.63, 3.8) is 0 Å². The molecule has 62 valence electrons. The van der Waals surface area contributed by atoms with Gasteiger partial charge in [0, 0.05) is 13.1 Å². The lowest BCUT2D eigenvalue weighted by Gasteiger charge is -2.15. The van der Waals surface area contributed by atoms with Crippen molar-refractivity contribution >= 4 is 0 Å². The minimum Gasteiger partial charge on any atom is -0.381 e. The van der Waals surface area contributed by atoms with Gasteiger partial charge in [-0.3, -0.25) is 10.2 Å². The maximum atomic E-state index is 8.50. The van der Waals surface area contributed by atoms with Crippen LogP contribution < -0.4 is 5.32 Å². The van der Waals surface area contributed by atoms with Crippen LogP contribution in [-0.4, -0.2) is 53.5 Å². The van der Waals surface area contributed by atoms with Crippen molar-refractivity contribution in [1.29, 1.82) is 0 Å². The van der Waals surface area contributed by atoms with Gasteiger partial charge in [-0.1, -0.05) is 0 Å². The smallest absolute Gasteiger partial charge is 0.0974 e. The van der Waals surface area contributed by atoms with Crippen LogP contribution in [0.2, 0.25) is 0 Å². The Morgan fingerprint density at radius 2 is 1.70 bits per heavy atom. The molecule has 0 aliphatic heterocycles. The van der Waals surface area contributed by atoms with Gasteiger partial charge in [-0.05, 0) is 0 Å². The molecule has 0 aliphatic rings. The average molecular weight is 150 g/mol. The Hall–Kier alpha value is -0.200. The zero-order valence-electron chi connectivity index (χ0n) is 5.82. The van der Waals surface area contributed by atoms with Gasteiger partial charge < -0.3 is 15.3 Å². The van der Waals surface area contributed by atoms with E-state index in [4.69, 9.17) is 15.3 Å². The fraction of sp³-hybridized carbons (Fsp3) is 1.00. The minimum absolute atomic E-state index is 0.0787. The molecule has 0 rings (SSSR count). The maximum absolute atomic E-state index is 8.50. The van der Waals surface area contributed by atoms with Crippen LogP contribution in [0.25, 0.3) is 0 Å². The van der Waals surface area contributed by atoms with Crippen molar-refractivity contribution < 1.29 is 15.3 Å². The molecule has 0 atom stereocenters. The van der Waals surface area contributed by atoms with Crippen molar-refractivity contribution in [3.05, 3.63) is 0 Å². The number of nitrogens with zero attached hydrogens (tertiary/aromatic N) is 1. The van der Waals surface area contributed by atoms with E-state index in [0.717, 1.165) is 0 Å². The fourth-order valence-electron chi connectivity index (χ4n) is 0.502. The van der Waals surface area contributed by atoms with Gasteiger partial charge in [-0.15, -0.1) is 0 Å². The van der Waals surface area contributed by atoms with Crippen LogP contribution in [0.3, 0.4) is 0 Å². The molecular formula is C5H14N2O3. The molecule has 4 N–H and O–H groups in total. The number of aliphatic hydroxyl groups is 3. The molecular weight excluding hydrogens is 136 g/mol. The average Bonchev–Trinajstić information content (AvgIpc) is 1.99. The number of hydrogen-bond acceptors (Lipinski definition) is 5. The summed E-state index contributed by atoms with van der Waals surface area (Å²) in [5.74, 6) is 0. The molecule has 0 saturated carbocycles. The summed E-state index contributed by atoms with van der Waals surface area (Å²) >= 11 is 0. The monoisotopic (exact) mass is 150 g/mol. The summed E-state index contributed by atoms with van der Waals surface area (Å²) in [6.45, 7) is 0.670. The zero-order chi connectivity index (χ0) is 7.82. The second kappa shape index (κ2) is 6.91. The molecule has 0 spiro atoms. The lowest BCUT2D eigenvalue weighted by Crippen LogP contribution is -2.33. The Bertz CT molecular complexity index is 67.9. The van der Waals surface area contributed by atoms with Crippen LogP contribution in [-0.2, 0) is 0 Å². The molecule has 0 unspecified atom stereocenters. The first-order chi connectivity index (χ1) is 4.85. The lowest BCUT2D eigenvalue weighted by molar-refractivity contribution is 0.0294. The first-order valence-corrected chi connectivity index (χ1v) is 3.10. The van der Waals surface area contributed by atoms with Crippen LogP contribution in [0, 0.1) is 0 Å². The third-order valence-corrected chi connectivity index (χ3v) is 1.12. The van der Waals surface area contributed by atoms with Crippen molar-refractivity contribution in [2.24, 2.45) is 0 Å². The van der Waals surface area contributed by atoms with Crippen LogP contribution in [0.5, 0.6) is 0 Å². The van der Waals surface area contributed by atoms with E-state index in [1.165, 1.54) is 4.90 Å². The van der Waals surface area contributed by atoms with Gasteiger partial charge in [-0.2, -0.15) is 0 Å². The van der Waals surface area contributed by atoms with Gasteiger partial charge in [0.1, 0.15) is 0 Å². The standard InChI is InChI=1S/C5H14N2O3/c8-3-6-1-2-7(4-9)5-10/h6,8-10H,1-5H2. The van der Waals surface area contributed by atoms with E-state index in [0.29, 0.717) is 13.1 Å². The Morgan fingerprint density at radius 1 is 1.10 bits per heavy atom. The van der Waals surface area contributed by atoms with Crippen molar-refractivity contribution in [2.75, 3.05) is 33.3 Å². The van der Waals surface area contributed by atoms with Gasteiger partial charge in [-0.25, -0.2) is 0 Å². The largest absolute Gasteiger partial charge is 0.381 e. The van der Waals surface area contributed by atoms with Crippen LogP contribution in [0.15, 0.2) is 0 Å². The van der Waals surface area contributed by atoms with Crippen LogP contribution in [0.4, 0.5) is 0 Å². The second-order valence-electron chi connectivity index (χ2n) is 1.84. The normalized spacial score (nSPS) is 10.8. The number of hydrogen-bond donors (Lipinski definition) is 4. The summed E-state index contributed by atoms with van der Waals surface area (Å²) in [6, 6.07) is 0. The fourth-order valence-corrected chi connectivity index (χ4v) is 0.502. The van der Waals surface area contributed by atoms with Crippen LogP contribution >= 0.6 is 0 Å². The van der Waals surface area contributed by atoms with E-state index in [1.54, 1.807) is 0 Å². The SMILES string of the molecule is OCNCCN(CO)CO. The summed E-state index contributed by atoms with van der Waals surface area (Å²) in [4.78, 5) is 1.42. The molecule has 0 aromatic heterocycles. The summed E-state index contributed by atoms with van der Waals surface area (Å²) < 4.78 is 0. The summed E-state index contributed by atoms with van der Waals surface area (Å²) in [6.07, 6.45) is 0. The van der Waals surface area contributed by atoms with E-state index in [1.807, 2.05) is 0 Å². The molecule has 10 heavy (non-hydrogen) atoms. The minimum atomic E-state index is -0.163. The first-order valence-electron chi connectivity index (χ1n) is 3.10. The summed E-state index contributed by atoms with van der Waals surface area (Å²) in [5.41, 5.74) is 0. The Balaban J connectivity index is 3.09.